The number of sulfone groups is 1. The monoisotopic (exact) mass is 647 g/mol. The largest absolute Gasteiger partial charge is 0.439 e. The number of carbonyl (C=O) groups is 2. The first kappa shape index (κ1) is 32.0. The Morgan fingerprint density at radius 2 is 1.69 bits per heavy atom. The Kier molecular flexibility index (Phi) is 10.0. The van der Waals surface area contributed by atoms with Crippen LogP contribution in [0.3, 0.4) is 0 Å². The SMILES string of the molecule is CC(=O)Nc1cc(NC(=O)N(c2ccccc2)C2CCN(Cc3ccc(Oc4ccc(S(C)(=O)=O)cc4)nc3)CC2)ccc1Cl. The van der Waals surface area contributed by atoms with Crippen LogP contribution in [0.5, 0.6) is 11.6 Å². The van der Waals surface area contributed by atoms with Crippen LogP contribution in [0.25, 0.3) is 0 Å². The number of pyridine rings is 1. The minimum atomic E-state index is -3.27. The first-order valence-electron chi connectivity index (χ1n) is 14.4. The summed E-state index contributed by atoms with van der Waals surface area (Å²) in [6.07, 6.45) is 4.49. The highest BCUT2D eigenvalue weighted by Crippen LogP contribution is 2.29. The molecule has 1 saturated heterocycles. The second kappa shape index (κ2) is 14.1. The zero-order valence-corrected chi connectivity index (χ0v) is 26.5. The lowest BCUT2D eigenvalue weighted by Gasteiger charge is -2.38. The highest BCUT2D eigenvalue weighted by Gasteiger charge is 2.29. The molecule has 1 aliphatic heterocycles. The maximum atomic E-state index is 13.7. The lowest BCUT2D eigenvalue weighted by Crippen LogP contribution is -2.49. The van der Waals surface area contributed by atoms with Gasteiger partial charge in [0, 0.05) is 62.5 Å². The zero-order valence-electron chi connectivity index (χ0n) is 24.9. The summed E-state index contributed by atoms with van der Waals surface area (Å²) in [5.74, 6) is 0.664. The van der Waals surface area contributed by atoms with Crippen LogP contribution in [0.1, 0.15) is 25.3 Å². The third-order valence-electron chi connectivity index (χ3n) is 7.38. The predicted molar refractivity (Wildman–Crippen MR) is 176 cm³/mol. The van der Waals surface area contributed by atoms with E-state index in [0.29, 0.717) is 34.6 Å². The number of rotatable bonds is 9. The lowest BCUT2D eigenvalue weighted by atomic mass is 10.0. The van der Waals surface area contributed by atoms with E-state index in [2.05, 4.69) is 20.5 Å². The van der Waals surface area contributed by atoms with Gasteiger partial charge in [0.25, 0.3) is 0 Å². The summed E-state index contributed by atoms with van der Waals surface area (Å²) in [4.78, 5) is 34.0. The van der Waals surface area contributed by atoms with Gasteiger partial charge in [0.1, 0.15) is 5.75 Å². The van der Waals surface area contributed by atoms with Crippen molar-refractivity contribution in [2.24, 2.45) is 0 Å². The molecule has 0 atom stereocenters. The summed E-state index contributed by atoms with van der Waals surface area (Å²) >= 11 is 6.22. The summed E-state index contributed by atoms with van der Waals surface area (Å²) in [5.41, 5.74) is 2.79. The summed E-state index contributed by atoms with van der Waals surface area (Å²) in [5, 5.41) is 6.05. The number of urea groups is 1. The number of halogens is 1. The number of piperidine rings is 1. The molecule has 2 heterocycles. The Hall–Kier alpha value is -4.45. The maximum absolute atomic E-state index is 13.7. The summed E-state index contributed by atoms with van der Waals surface area (Å²) < 4.78 is 29.1. The fraction of sp³-hybridized carbons (Fsp3) is 0.242. The number of carbonyl (C=O) groups excluding carboxylic acids is 2. The van der Waals surface area contributed by atoms with Gasteiger partial charge >= 0.3 is 6.03 Å². The van der Waals surface area contributed by atoms with E-state index in [1.54, 1.807) is 47.5 Å². The van der Waals surface area contributed by atoms with E-state index < -0.39 is 9.84 Å². The fourth-order valence-electron chi connectivity index (χ4n) is 5.19. The smallest absolute Gasteiger partial charge is 0.326 e. The third-order valence-corrected chi connectivity index (χ3v) is 8.84. The van der Waals surface area contributed by atoms with Gasteiger partial charge in [-0.1, -0.05) is 35.9 Å². The van der Waals surface area contributed by atoms with E-state index in [1.165, 1.54) is 19.1 Å². The average Bonchev–Trinajstić information content (AvgIpc) is 3.01. The van der Waals surface area contributed by atoms with E-state index in [-0.39, 0.29) is 22.9 Å². The summed E-state index contributed by atoms with van der Waals surface area (Å²) in [6.45, 7) is 3.69. The Morgan fingerprint density at radius 1 is 0.978 bits per heavy atom. The van der Waals surface area contributed by atoms with Gasteiger partial charge in [-0.05, 0) is 73.0 Å². The minimum Gasteiger partial charge on any atom is -0.439 e. The standard InChI is InChI=1S/C33H34ClN5O5S/c1-23(40)36-31-20-25(9-14-30(31)34)37-33(41)39(26-6-4-3-5-7-26)27-16-18-38(19-17-27)22-24-8-15-32(35-21-24)44-28-10-12-29(13-11-28)45(2,42)43/h3-15,20-21,27H,16-19,22H2,1-2H3,(H,36,40)(H,37,41). The molecule has 45 heavy (non-hydrogen) atoms. The third kappa shape index (κ3) is 8.59. The van der Waals surface area contributed by atoms with Crippen molar-refractivity contribution in [1.82, 2.24) is 9.88 Å². The van der Waals surface area contributed by atoms with Gasteiger partial charge in [-0.15, -0.1) is 0 Å². The predicted octanol–water partition coefficient (Wildman–Crippen LogP) is 6.59. The second-order valence-electron chi connectivity index (χ2n) is 10.9. The van der Waals surface area contributed by atoms with Crippen LogP contribution in [0, 0.1) is 0 Å². The molecule has 12 heteroatoms. The lowest BCUT2D eigenvalue weighted by molar-refractivity contribution is -0.114. The van der Waals surface area contributed by atoms with Gasteiger partial charge in [0.2, 0.25) is 11.8 Å². The van der Waals surface area contributed by atoms with Crippen LogP contribution in [-0.4, -0.2) is 55.6 Å². The minimum absolute atomic E-state index is 0.0197. The number of hydrogen-bond donors (Lipinski definition) is 2. The van der Waals surface area contributed by atoms with Gasteiger partial charge in [-0.25, -0.2) is 18.2 Å². The number of amides is 3. The van der Waals surface area contributed by atoms with Crippen molar-refractivity contribution in [3.63, 3.8) is 0 Å². The van der Waals surface area contributed by atoms with Crippen molar-refractivity contribution in [3.8, 4) is 11.6 Å². The van der Waals surface area contributed by atoms with Crippen molar-refractivity contribution in [1.29, 1.82) is 0 Å². The zero-order chi connectivity index (χ0) is 32.0. The number of likely N-dealkylation sites (tertiary alicyclic amines) is 1. The van der Waals surface area contributed by atoms with Crippen molar-refractivity contribution >= 4 is 50.4 Å². The summed E-state index contributed by atoms with van der Waals surface area (Å²) in [7, 11) is -3.27. The summed E-state index contributed by atoms with van der Waals surface area (Å²) in [6, 6.07) is 24.3. The van der Waals surface area contributed by atoms with Gasteiger partial charge in [0.05, 0.1) is 15.6 Å². The van der Waals surface area contributed by atoms with Crippen LogP contribution < -0.4 is 20.3 Å². The Labute approximate surface area is 267 Å². The molecule has 0 radical (unpaired) electrons. The Balaban J connectivity index is 1.20. The van der Waals surface area contributed by atoms with Crippen LogP contribution in [0.2, 0.25) is 5.02 Å². The average molecular weight is 648 g/mol. The number of nitrogens with one attached hydrogen (secondary N) is 2. The second-order valence-corrected chi connectivity index (χ2v) is 13.3. The van der Waals surface area contributed by atoms with E-state index >= 15 is 0 Å². The van der Waals surface area contributed by atoms with Crippen molar-refractivity contribution < 1.29 is 22.7 Å². The van der Waals surface area contributed by atoms with Gasteiger partial charge in [0.15, 0.2) is 9.84 Å². The maximum Gasteiger partial charge on any atom is 0.326 e. The normalized spacial score (nSPS) is 14.0. The quantitative estimate of drug-likeness (QED) is 0.210. The van der Waals surface area contributed by atoms with E-state index in [0.717, 1.165) is 43.4 Å². The first-order valence-corrected chi connectivity index (χ1v) is 16.7. The molecule has 0 saturated carbocycles. The first-order chi connectivity index (χ1) is 21.5. The molecule has 234 valence electrons. The number of para-hydroxylation sites is 1. The molecule has 2 N–H and O–H groups in total. The molecule has 4 aromatic rings. The van der Waals surface area contributed by atoms with E-state index in [1.807, 2.05) is 36.4 Å². The molecule has 0 aliphatic carbocycles. The fourth-order valence-corrected chi connectivity index (χ4v) is 5.98. The molecule has 5 rings (SSSR count). The van der Waals surface area contributed by atoms with Crippen molar-refractivity contribution in [2.45, 2.75) is 37.2 Å². The highest BCUT2D eigenvalue weighted by molar-refractivity contribution is 7.90. The molecular formula is C33H34ClN5O5S. The molecule has 3 amide bonds. The molecule has 0 bridgehead atoms. The van der Waals surface area contributed by atoms with Gasteiger partial charge in [-0.3, -0.25) is 14.6 Å². The van der Waals surface area contributed by atoms with E-state index in [9.17, 15) is 18.0 Å². The van der Waals surface area contributed by atoms with Crippen LogP contribution in [0.15, 0.2) is 96.0 Å². The number of anilines is 3. The molecule has 1 aliphatic rings. The molecular weight excluding hydrogens is 614 g/mol. The van der Waals surface area contributed by atoms with Crippen LogP contribution in [0.4, 0.5) is 21.9 Å². The number of nitrogens with zero attached hydrogens (tertiary/aromatic N) is 3. The molecule has 10 nitrogen and oxygen atoms in total. The van der Waals surface area contributed by atoms with Crippen LogP contribution >= 0.6 is 11.6 Å². The molecule has 1 aromatic heterocycles. The van der Waals surface area contributed by atoms with Gasteiger partial charge < -0.3 is 15.4 Å². The Bertz CT molecular complexity index is 1740. The van der Waals surface area contributed by atoms with Crippen molar-refractivity contribution in [3.05, 3.63) is 102 Å². The molecule has 1 fully saturated rings. The van der Waals surface area contributed by atoms with Gasteiger partial charge in [-0.2, -0.15) is 0 Å². The van der Waals surface area contributed by atoms with E-state index in [4.69, 9.17) is 16.3 Å². The number of hydrogen-bond acceptors (Lipinski definition) is 7. The topological polar surface area (TPSA) is 121 Å². The van der Waals surface area contributed by atoms with Crippen LogP contribution in [-0.2, 0) is 21.2 Å². The molecule has 0 unspecified atom stereocenters. The molecule has 3 aromatic carbocycles. The number of ether oxygens (including phenoxy) is 1. The molecule has 0 spiro atoms. The van der Waals surface area contributed by atoms with Crippen molar-refractivity contribution in [2.75, 3.05) is 34.9 Å². The highest BCUT2D eigenvalue weighted by atomic mass is 35.5. The number of aromatic nitrogens is 1. The Morgan fingerprint density at radius 3 is 2.31 bits per heavy atom. The number of benzene rings is 3.